The van der Waals surface area contributed by atoms with E-state index >= 15 is 0 Å². The maximum Gasteiger partial charge on any atom is 0.255 e. The first kappa shape index (κ1) is 24.9. The number of nitrogens with one attached hydrogen (secondary N) is 2. The van der Waals surface area contributed by atoms with Crippen molar-refractivity contribution in [1.29, 1.82) is 0 Å². The van der Waals surface area contributed by atoms with Crippen LogP contribution in [0.15, 0.2) is 71.1 Å². The number of benzene rings is 3. The van der Waals surface area contributed by atoms with Gasteiger partial charge in [0.2, 0.25) is 0 Å². The van der Waals surface area contributed by atoms with E-state index in [1.165, 1.54) is 26.1 Å². The van der Waals surface area contributed by atoms with Crippen molar-refractivity contribution >= 4 is 28.6 Å². The van der Waals surface area contributed by atoms with E-state index < -0.39 is 5.54 Å². The van der Waals surface area contributed by atoms with E-state index in [1.807, 2.05) is 32.0 Å². The summed E-state index contributed by atoms with van der Waals surface area (Å²) in [7, 11) is 1.54. The highest BCUT2D eigenvalue weighted by atomic mass is 19.1. The van der Waals surface area contributed by atoms with Gasteiger partial charge in [-0.2, -0.15) is 0 Å². The summed E-state index contributed by atoms with van der Waals surface area (Å²) in [6.07, 6.45) is 0.230. The number of fused-ring (bicyclic) bond motifs is 1. The molecule has 0 atom stereocenters. The highest BCUT2D eigenvalue weighted by Crippen LogP contribution is 2.36. The second kappa shape index (κ2) is 9.77. The molecule has 7 heteroatoms. The van der Waals surface area contributed by atoms with E-state index in [0.29, 0.717) is 33.4 Å². The number of hydrogen-bond donors (Lipinski definition) is 2. The van der Waals surface area contributed by atoms with Gasteiger partial charge in [-0.15, -0.1) is 0 Å². The summed E-state index contributed by atoms with van der Waals surface area (Å²) in [6, 6.07) is 18.4. The molecule has 36 heavy (non-hydrogen) atoms. The zero-order valence-electron chi connectivity index (χ0n) is 20.6. The molecule has 4 aromatic rings. The van der Waals surface area contributed by atoms with Crippen LogP contribution in [0, 0.1) is 5.82 Å². The largest absolute Gasteiger partial charge is 0.455 e. The molecule has 0 aliphatic rings. The van der Waals surface area contributed by atoms with Gasteiger partial charge in [0.25, 0.3) is 11.8 Å². The fourth-order valence-corrected chi connectivity index (χ4v) is 4.32. The molecule has 0 unspecified atom stereocenters. The van der Waals surface area contributed by atoms with Gasteiger partial charge in [0.1, 0.15) is 22.9 Å². The van der Waals surface area contributed by atoms with Gasteiger partial charge in [0.05, 0.1) is 5.56 Å². The molecule has 2 amide bonds. The van der Waals surface area contributed by atoms with Gasteiger partial charge in [-0.25, -0.2) is 4.39 Å². The molecule has 2 N–H and O–H groups in total. The molecule has 0 fully saturated rings. The van der Waals surface area contributed by atoms with Gasteiger partial charge in [-0.05, 0) is 80.4 Å². The summed E-state index contributed by atoms with van der Waals surface area (Å²) < 4.78 is 19.5. The van der Waals surface area contributed by atoms with E-state index in [4.69, 9.17) is 4.42 Å². The minimum Gasteiger partial charge on any atom is -0.455 e. The molecule has 0 radical (unpaired) electrons. The summed E-state index contributed by atoms with van der Waals surface area (Å²) in [4.78, 5) is 37.2. The molecule has 1 heterocycles. The SMILES string of the molecule is CNC(=O)c1c(-c2ccc(F)cc2)oc2ccc(-c3cccc(C(=O)NC(C)(C)CC(C)=O)c3)cc12. The Labute approximate surface area is 208 Å². The smallest absolute Gasteiger partial charge is 0.255 e. The van der Waals surface area contributed by atoms with E-state index in [2.05, 4.69) is 10.6 Å². The van der Waals surface area contributed by atoms with Gasteiger partial charge in [0.15, 0.2) is 0 Å². The molecular weight excluding hydrogens is 459 g/mol. The van der Waals surface area contributed by atoms with Crippen LogP contribution in [0.1, 0.15) is 47.9 Å². The van der Waals surface area contributed by atoms with E-state index in [9.17, 15) is 18.8 Å². The van der Waals surface area contributed by atoms with Crippen molar-refractivity contribution in [2.24, 2.45) is 0 Å². The van der Waals surface area contributed by atoms with E-state index in [-0.39, 0.29) is 29.8 Å². The molecule has 0 aliphatic carbocycles. The lowest BCUT2D eigenvalue weighted by atomic mass is 9.96. The van der Waals surface area contributed by atoms with Crippen molar-refractivity contribution in [3.05, 3.63) is 83.7 Å². The Morgan fingerprint density at radius 1 is 0.889 bits per heavy atom. The van der Waals surface area contributed by atoms with Crippen LogP contribution >= 0.6 is 0 Å². The summed E-state index contributed by atoms with van der Waals surface area (Å²) in [5, 5.41) is 6.17. The van der Waals surface area contributed by atoms with Crippen LogP contribution in [-0.2, 0) is 4.79 Å². The number of rotatable bonds is 7. The first-order valence-electron chi connectivity index (χ1n) is 11.5. The monoisotopic (exact) mass is 486 g/mol. The topological polar surface area (TPSA) is 88.4 Å². The Hall–Kier alpha value is -4.26. The summed E-state index contributed by atoms with van der Waals surface area (Å²) in [5.41, 5.74) is 2.79. The zero-order valence-corrected chi connectivity index (χ0v) is 20.6. The van der Waals surface area contributed by atoms with Gasteiger partial charge in [0, 0.05) is 35.5 Å². The number of hydrogen-bond acceptors (Lipinski definition) is 4. The van der Waals surface area contributed by atoms with Gasteiger partial charge in [-0.1, -0.05) is 18.2 Å². The summed E-state index contributed by atoms with van der Waals surface area (Å²) >= 11 is 0. The highest BCUT2D eigenvalue weighted by molar-refractivity contribution is 6.11. The molecule has 0 aliphatic heterocycles. The lowest BCUT2D eigenvalue weighted by Gasteiger charge is -2.25. The van der Waals surface area contributed by atoms with E-state index in [1.54, 1.807) is 36.4 Å². The molecule has 3 aromatic carbocycles. The molecule has 0 spiro atoms. The third-order valence-corrected chi connectivity index (χ3v) is 5.85. The number of furan rings is 1. The number of carbonyl (C=O) groups excluding carboxylic acids is 3. The van der Waals surface area contributed by atoms with Crippen LogP contribution in [0.5, 0.6) is 0 Å². The number of ketones is 1. The zero-order chi connectivity index (χ0) is 26.0. The molecule has 4 rings (SSSR count). The fourth-order valence-electron chi connectivity index (χ4n) is 4.32. The van der Waals surface area contributed by atoms with Crippen LogP contribution in [0.3, 0.4) is 0 Å². The standard InChI is InChI=1S/C29H27FN2O4/c1-17(33)16-29(2,3)32-27(34)21-7-5-6-19(14-21)20-10-13-24-23(15-20)25(28(35)31-4)26(36-24)18-8-11-22(30)12-9-18/h5-15H,16H2,1-4H3,(H,31,35)(H,32,34). The predicted octanol–water partition coefficient (Wildman–Crippen LogP) is 5.75. The van der Waals surface area contributed by atoms with Crippen LogP contribution in [0.4, 0.5) is 4.39 Å². The first-order valence-corrected chi connectivity index (χ1v) is 11.5. The lowest BCUT2D eigenvalue weighted by molar-refractivity contribution is -0.118. The normalized spacial score (nSPS) is 11.4. The molecule has 6 nitrogen and oxygen atoms in total. The van der Waals surface area contributed by atoms with Crippen molar-refractivity contribution in [2.45, 2.75) is 32.7 Å². The first-order chi connectivity index (χ1) is 17.1. The highest BCUT2D eigenvalue weighted by Gasteiger charge is 2.24. The van der Waals surface area contributed by atoms with Crippen molar-refractivity contribution in [2.75, 3.05) is 7.05 Å². The van der Waals surface area contributed by atoms with Crippen LogP contribution in [0.2, 0.25) is 0 Å². The minimum atomic E-state index is -0.673. The van der Waals surface area contributed by atoms with Gasteiger partial charge in [-0.3, -0.25) is 14.4 Å². The predicted molar refractivity (Wildman–Crippen MR) is 137 cm³/mol. The maximum absolute atomic E-state index is 13.5. The fraction of sp³-hybridized carbons (Fsp3) is 0.207. The Morgan fingerprint density at radius 2 is 1.56 bits per heavy atom. The van der Waals surface area contributed by atoms with Gasteiger partial charge >= 0.3 is 0 Å². The van der Waals surface area contributed by atoms with E-state index in [0.717, 1.165) is 11.1 Å². The average Bonchev–Trinajstić information content (AvgIpc) is 3.21. The second-order valence-electron chi connectivity index (χ2n) is 9.40. The molecular formula is C29H27FN2O4. The van der Waals surface area contributed by atoms with Crippen LogP contribution < -0.4 is 10.6 Å². The van der Waals surface area contributed by atoms with Crippen LogP contribution in [0.25, 0.3) is 33.4 Å². The summed E-state index contributed by atoms with van der Waals surface area (Å²) in [5.74, 6) is -0.646. The Kier molecular flexibility index (Phi) is 6.75. The average molecular weight is 487 g/mol. The Balaban J connectivity index is 1.74. The Morgan fingerprint density at radius 3 is 2.22 bits per heavy atom. The summed E-state index contributed by atoms with van der Waals surface area (Å²) in [6.45, 7) is 5.11. The van der Waals surface area contributed by atoms with Crippen molar-refractivity contribution in [3.63, 3.8) is 0 Å². The maximum atomic E-state index is 13.5. The number of Topliss-reactive ketones (excluding diaryl/α,β-unsaturated/α-hetero) is 1. The number of carbonyl (C=O) groups is 3. The minimum absolute atomic E-state index is 0.00519. The quantitative estimate of drug-likeness (QED) is 0.348. The third kappa shape index (κ3) is 5.20. The number of halogens is 1. The molecule has 1 aromatic heterocycles. The molecule has 0 bridgehead atoms. The van der Waals surface area contributed by atoms with Crippen molar-refractivity contribution in [3.8, 4) is 22.5 Å². The lowest BCUT2D eigenvalue weighted by Crippen LogP contribution is -2.44. The van der Waals surface area contributed by atoms with Gasteiger partial charge < -0.3 is 15.1 Å². The second-order valence-corrected chi connectivity index (χ2v) is 9.40. The molecule has 184 valence electrons. The molecule has 0 saturated carbocycles. The van der Waals surface area contributed by atoms with Crippen LogP contribution in [-0.4, -0.2) is 30.2 Å². The van der Waals surface area contributed by atoms with Crippen molar-refractivity contribution in [1.82, 2.24) is 10.6 Å². The van der Waals surface area contributed by atoms with Crippen molar-refractivity contribution < 1.29 is 23.2 Å². The molecule has 0 saturated heterocycles. The Bertz CT molecular complexity index is 1470. The number of amides is 2. The third-order valence-electron chi connectivity index (χ3n) is 5.85.